The van der Waals surface area contributed by atoms with Crippen LogP contribution in [0.2, 0.25) is 0 Å². The van der Waals surface area contributed by atoms with Crippen LogP contribution in [0.5, 0.6) is 5.75 Å². The van der Waals surface area contributed by atoms with Gasteiger partial charge in [0.05, 0.1) is 6.61 Å². The molecule has 0 aromatic heterocycles. The summed E-state index contributed by atoms with van der Waals surface area (Å²) in [7, 11) is -4.04. The highest BCUT2D eigenvalue weighted by Gasteiger charge is 2.54. The summed E-state index contributed by atoms with van der Waals surface area (Å²) in [6, 6.07) is 6.86. The van der Waals surface area contributed by atoms with E-state index in [1.54, 1.807) is 24.3 Å². The second kappa shape index (κ2) is 11.8. The number of halogens is 4. The molecule has 194 valence electrons. The van der Waals surface area contributed by atoms with Crippen molar-refractivity contribution in [3.8, 4) is 5.75 Å². The molecule has 1 aromatic rings. The average Bonchev–Trinajstić information content (AvgIpc) is 2.81. The monoisotopic (exact) mass is 531 g/mol. The third-order valence-electron chi connectivity index (χ3n) is 5.96. The molecule has 2 N–H and O–H groups in total. The molecule has 34 heavy (non-hydrogen) atoms. The van der Waals surface area contributed by atoms with Gasteiger partial charge in [-0.05, 0) is 30.7 Å². The smallest absolute Gasteiger partial charge is 0.389 e. The number of rotatable bonds is 8. The molecule has 2 aliphatic heterocycles. The molecule has 0 aliphatic carbocycles. The summed E-state index contributed by atoms with van der Waals surface area (Å²) in [6.45, 7) is 1.29. The van der Waals surface area contributed by atoms with Gasteiger partial charge in [0.2, 0.25) is 10.0 Å². The number of hydrogen-bond donors (Lipinski definition) is 2. The van der Waals surface area contributed by atoms with Crippen LogP contribution in [-0.4, -0.2) is 80.8 Å². The maximum atomic E-state index is 13.3. The molecule has 2 fully saturated rings. The Morgan fingerprint density at radius 3 is 2.24 bits per heavy atom. The normalized spacial score (nSPS) is 19.2. The first-order chi connectivity index (χ1) is 15.6. The fraction of sp³-hybridized carbons (Fsp3) is 0.650. The standard InChI is InChI=1S/C20H28F3N3O6S.ClH/c21-20(22,23)6-1-13-32-17-4-2-16(3-5-17)25-9-11-26(12-10-25)33(29,30)19(18(27)24-28)7-14-31-15-8-19;/h2-5,28H,1,6-15H2,(H,24,27);1H. The van der Waals surface area contributed by atoms with Gasteiger partial charge in [-0.3, -0.25) is 10.0 Å². The number of hydroxylamine groups is 1. The number of alkyl halides is 3. The van der Waals surface area contributed by atoms with Gasteiger partial charge in [0, 0.05) is 64.3 Å². The molecular weight excluding hydrogens is 503 g/mol. The maximum absolute atomic E-state index is 13.3. The lowest BCUT2D eigenvalue weighted by molar-refractivity contribution is -0.136. The summed E-state index contributed by atoms with van der Waals surface area (Å²) in [6.07, 6.45) is -5.29. The first-order valence-electron chi connectivity index (χ1n) is 10.7. The molecule has 14 heteroatoms. The number of nitrogens with zero attached hydrogens (tertiary/aromatic N) is 2. The lowest BCUT2D eigenvalue weighted by Gasteiger charge is -2.42. The van der Waals surface area contributed by atoms with Crippen LogP contribution in [0.15, 0.2) is 24.3 Å². The molecule has 0 radical (unpaired) electrons. The Morgan fingerprint density at radius 1 is 1.12 bits per heavy atom. The third-order valence-corrected chi connectivity index (χ3v) is 8.59. The lowest BCUT2D eigenvalue weighted by atomic mass is 9.98. The van der Waals surface area contributed by atoms with Gasteiger partial charge in [-0.1, -0.05) is 0 Å². The molecule has 0 unspecified atom stereocenters. The topological polar surface area (TPSA) is 108 Å². The number of anilines is 1. The Kier molecular flexibility index (Phi) is 9.83. The molecule has 2 aliphatic rings. The zero-order valence-corrected chi connectivity index (χ0v) is 20.1. The number of carbonyl (C=O) groups excluding carboxylic acids is 1. The van der Waals surface area contributed by atoms with E-state index in [9.17, 15) is 26.4 Å². The van der Waals surface area contributed by atoms with Crippen molar-refractivity contribution in [3.63, 3.8) is 0 Å². The predicted molar refractivity (Wildman–Crippen MR) is 120 cm³/mol. The minimum atomic E-state index is -4.20. The first kappa shape index (κ1) is 28.4. The van der Waals surface area contributed by atoms with Crippen molar-refractivity contribution in [3.05, 3.63) is 24.3 Å². The van der Waals surface area contributed by atoms with E-state index in [1.807, 2.05) is 4.90 Å². The molecule has 1 amide bonds. The third kappa shape index (κ3) is 6.45. The van der Waals surface area contributed by atoms with E-state index in [-0.39, 0.29) is 64.6 Å². The van der Waals surface area contributed by atoms with Crippen LogP contribution in [0.1, 0.15) is 25.7 Å². The van der Waals surface area contributed by atoms with Crippen LogP contribution in [0, 0.1) is 0 Å². The summed E-state index contributed by atoms with van der Waals surface area (Å²) < 4.78 is 73.3. The molecule has 0 saturated carbocycles. The Bertz CT molecular complexity index is 903. The van der Waals surface area contributed by atoms with E-state index in [0.29, 0.717) is 18.8 Å². The number of hydrogen-bond acceptors (Lipinski definition) is 7. The van der Waals surface area contributed by atoms with Gasteiger partial charge < -0.3 is 14.4 Å². The lowest BCUT2D eigenvalue weighted by Crippen LogP contribution is -2.62. The second-order valence-electron chi connectivity index (χ2n) is 8.00. The molecule has 0 spiro atoms. The van der Waals surface area contributed by atoms with E-state index in [1.165, 1.54) is 9.79 Å². The van der Waals surface area contributed by atoms with Crippen molar-refractivity contribution < 1.29 is 41.1 Å². The zero-order chi connectivity index (χ0) is 24.1. The first-order valence-corrected chi connectivity index (χ1v) is 12.1. The number of sulfonamides is 1. The fourth-order valence-corrected chi connectivity index (χ4v) is 6.16. The minimum absolute atomic E-state index is 0. The van der Waals surface area contributed by atoms with E-state index >= 15 is 0 Å². The number of carbonyl (C=O) groups is 1. The number of piperazine rings is 1. The SMILES string of the molecule is Cl.O=C(NO)C1(S(=O)(=O)N2CCN(c3ccc(OCCCC(F)(F)F)cc3)CC2)CCOCC1. The molecule has 1 aromatic carbocycles. The van der Waals surface area contributed by atoms with Gasteiger partial charge in [0.25, 0.3) is 5.91 Å². The highest BCUT2D eigenvalue weighted by atomic mass is 35.5. The van der Waals surface area contributed by atoms with Crippen molar-refractivity contribution >= 4 is 34.0 Å². The van der Waals surface area contributed by atoms with Crippen LogP contribution in [0.4, 0.5) is 18.9 Å². The summed E-state index contributed by atoms with van der Waals surface area (Å²) in [5.74, 6) is -0.488. The molecule has 3 rings (SSSR count). The van der Waals surface area contributed by atoms with Gasteiger partial charge in [0.1, 0.15) is 5.75 Å². The molecular formula is C20H29ClF3N3O6S. The largest absolute Gasteiger partial charge is 0.494 e. The summed E-state index contributed by atoms with van der Waals surface area (Å²) >= 11 is 0. The van der Waals surface area contributed by atoms with E-state index in [4.69, 9.17) is 14.7 Å². The predicted octanol–water partition coefficient (Wildman–Crippen LogP) is 2.34. The van der Waals surface area contributed by atoms with Crippen LogP contribution in [0.25, 0.3) is 0 Å². The average molecular weight is 532 g/mol. The van der Waals surface area contributed by atoms with Crippen molar-refractivity contribution in [1.29, 1.82) is 0 Å². The van der Waals surface area contributed by atoms with Crippen LogP contribution >= 0.6 is 12.4 Å². The number of nitrogens with one attached hydrogen (secondary N) is 1. The second-order valence-corrected chi connectivity index (χ2v) is 10.2. The van der Waals surface area contributed by atoms with E-state index in [0.717, 1.165) is 5.69 Å². The molecule has 0 atom stereocenters. The highest BCUT2D eigenvalue weighted by Crippen LogP contribution is 2.34. The van der Waals surface area contributed by atoms with E-state index in [2.05, 4.69) is 0 Å². The molecule has 9 nitrogen and oxygen atoms in total. The summed E-state index contributed by atoms with van der Waals surface area (Å²) in [4.78, 5) is 14.3. The Morgan fingerprint density at radius 2 is 1.71 bits per heavy atom. The maximum Gasteiger partial charge on any atom is 0.389 e. The number of benzene rings is 1. The molecule has 2 heterocycles. The molecule has 0 bridgehead atoms. The Labute approximate surface area is 202 Å². The molecule has 2 saturated heterocycles. The Balaban J connectivity index is 0.00000408. The quantitative estimate of drug-likeness (QED) is 0.301. The van der Waals surface area contributed by atoms with Gasteiger partial charge >= 0.3 is 6.18 Å². The zero-order valence-electron chi connectivity index (χ0n) is 18.4. The van der Waals surface area contributed by atoms with Crippen molar-refractivity contribution in [2.75, 3.05) is 50.9 Å². The van der Waals surface area contributed by atoms with Crippen LogP contribution in [-0.2, 0) is 19.6 Å². The van der Waals surface area contributed by atoms with Gasteiger partial charge in [-0.15, -0.1) is 12.4 Å². The van der Waals surface area contributed by atoms with Crippen molar-refractivity contribution in [1.82, 2.24) is 9.79 Å². The Hall–Kier alpha value is -1.80. The van der Waals surface area contributed by atoms with Crippen LogP contribution < -0.4 is 15.1 Å². The summed E-state index contributed by atoms with van der Waals surface area (Å²) in [5, 5.41) is 9.14. The number of amides is 1. The fourth-order valence-electron chi connectivity index (χ4n) is 4.05. The van der Waals surface area contributed by atoms with Crippen molar-refractivity contribution in [2.45, 2.75) is 36.6 Å². The van der Waals surface area contributed by atoms with Crippen molar-refractivity contribution in [2.24, 2.45) is 0 Å². The highest BCUT2D eigenvalue weighted by molar-refractivity contribution is 7.91. The van der Waals surface area contributed by atoms with Crippen LogP contribution in [0.3, 0.4) is 0 Å². The summed E-state index contributed by atoms with van der Waals surface area (Å²) in [5.41, 5.74) is 2.33. The van der Waals surface area contributed by atoms with Gasteiger partial charge in [-0.2, -0.15) is 17.5 Å². The van der Waals surface area contributed by atoms with Gasteiger partial charge in [-0.25, -0.2) is 13.9 Å². The minimum Gasteiger partial charge on any atom is -0.494 e. The van der Waals surface area contributed by atoms with Gasteiger partial charge in [0.15, 0.2) is 4.75 Å². The van der Waals surface area contributed by atoms with E-state index < -0.39 is 33.3 Å². The number of ether oxygens (including phenoxy) is 2.